The van der Waals surface area contributed by atoms with E-state index >= 15 is 0 Å². The van der Waals surface area contributed by atoms with Crippen molar-refractivity contribution >= 4 is 34.7 Å². The third kappa shape index (κ3) is 4.05. The second-order valence-electron chi connectivity index (χ2n) is 5.49. The maximum Gasteiger partial charge on any atom is 0.276 e. The molecule has 1 N–H and O–H groups in total. The lowest BCUT2D eigenvalue weighted by Gasteiger charge is -2.04. The lowest BCUT2D eigenvalue weighted by atomic mass is 10.2. The zero-order valence-electron chi connectivity index (χ0n) is 13.7. The van der Waals surface area contributed by atoms with E-state index in [1.165, 1.54) is 23.6 Å². The summed E-state index contributed by atoms with van der Waals surface area (Å²) in [6.07, 6.45) is 2.90. The van der Waals surface area contributed by atoms with Crippen LogP contribution >= 0.6 is 22.9 Å². The summed E-state index contributed by atoms with van der Waals surface area (Å²) < 4.78 is 26.6. The van der Waals surface area contributed by atoms with Gasteiger partial charge in [-0.25, -0.2) is 18.7 Å². The largest absolute Gasteiger partial charge is 0.305 e. The molecule has 0 saturated carbocycles. The molecule has 0 aliphatic carbocycles. The summed E-state index contributed by atoms with van der Waals surface area (Å²) >= 11 is 7.07. The number of aromatic nitrogens is 2. The number of hydrogen-bond acceptors (Lipinski definition) is 4. The van der Waals surface area contributed by atoms with Gasteiger partial charge in [0.2, 0.25) is 0 Å². The zero-order chi connectivity index (χ0) is 18.7. The summed E-state index contributed by atoms with van der Waals surface area (Å²) in [5.74, 6) is -1.94. The molecule has 0 aliphatic heterocycles. The van der Waals surface area contributed by atoms with E-state index in [1.807, 2.05) is 6.92 Å². The van der Waals surface area contributed by atoms with Crippen LogP contribution in [0.15, 0.2) is 36.5 Å². The molecule has 0 bridgehead atoms. The number of halogens is 3. The first-order valence-electron chi connectivity index (χ1n) is 7.86. The molecule has 0 spiro atoms. The van der Waals surface area contributed by atoms with Gasteiger partial charge in [0.1, 0.15) is 16.5 Å². The fraction of sp³-hybridized carbons (Fsp3) is 0.167. The first kappa shape index (κ1) is 18.4. The number of thiazole rings is 1. The van der Waals surface area contributed by atoms with E-state index in [0.717, 1.165) is 23.4 Å². The van der Waals surface area contributed by atoms with E-state index in [9.17, 15) is 13.6 Å². The number of aryl methyl sites for hydroxylation is 1. The van der Waals surface area contributed by atoms with Crippen LogP contribution in [0.4, 0.5) is 14.6 Å². The molecule has 0 saturated heterocycles. The van der Waals surface area contributed by atoms with Crippen LogP contribution in [0.2, 0.25) is 5.02 Å². The topological polar surface area (TPSA) is 54.9 Å². The highest BCUT2D eigenvalue weighted by atomic mass is 35.5. The van der Waals surface area contributed by atoms with Gasteiger partial charge in [-0.05, 0) is 36.8 Å². The first-order chi connectivity index (χ1) is 12.5. The number of benzene rings is 1. The second-order valence-corrected chi connectivity index (χ2v) is 7.01. The SMILES string of the molecule is CCCc1sc(-c2ccc(F)c(F)c2)nc1C(=O)Nc1ccc(Cl)cn1. The number of pyridine rings is 1. The maximum absolute atomic E-state index is 13.5. The molecule has 0 unspecified atom stereocenters. The standard InChI is InChI=1S/C18H14ClF2N3OS/c1-2-3-14-16(17(25)23-15-7-5-11(19)9-22-15)24-18(26-14)10-4-6-12(20)13(21)8-10/h4-9H,2-3H2,1H3,(H,22,23,25). The summed E-state index contributed by atoms with van der Waals surface area (Å²) in [7, 11) is 0. The number of rotatable bonds is 5. The van der Waals surface area contributed by atoms with E-state index in [-0.39, 0.29) is 5.69 Å². The first-order valence-corrected chi connectivity index (χ1v) is 9.05. The number of carbonyl (C=O) groups is 1. The Kier molecular flexibility index (Phi) is 5.58. The molecule has 3 rings (SSSR count). The molecule has 0 fully saturated rings. The highest BCUT2D eigenvalue weighted by Crippen LogP contribution is 2.30. The summed E-state index contributed by atoms with van der Waals surface area (Å²) in [4.78, 5) is 21.7. The summed E-state index contributed by atoms with van der Waals surface area (Å²) in [5.41, 5.74) is 0.684. The monoisotopic (exact) mass is 393 g/mol. The van der Waals surface area contributed by atoms with Gasteiger partial charge in [0.25, 0.3) is 5.91 Å². The molecule has 1 amide bonds. The van der Waals surface area contributed by atoms with Crippen molar-refractivity contribution in [3.05, 3.63) is 63.8 Å². The normalized spacial score (nSPS) is 10.8. The van der Waals surface area contributed by atoms with Gasteiger partial charge in [-0.3, -0.25) is 4.79 Å². The van der Waals surface area contributed by atoms with Crippen molar-refractivity contribution in [1.82, 2.24) is 9.97 Å². The van der Waals surface area contributed by atoms with Gasteiger partial charge in [-0.2, -0.15) is 0 Å². The molecule has 4 nitrogen and oxygen atoms in total. The Balaban J connectivity index is 1.92. The minimum atomic E-state index is -0.953. The van der Waals surface area contributed by atoms with Crippen molar-refractivity contribution in [1.29, 1.82) is 0 Å². The molecular formula is C18H14ClF2N3OS. The van der Waals surface area contributed by atoms with E-state index in [4.69, 9.17) is 11.6 Å². The molecule has 2 aromatic heterocycles. The maximum atomic E-state index is 13.5. The number of nitrogens with one attached hydrogen (secondary N) is 1. The van der Waals surface area contributed by atoms with Crippen LogP contribution in [0.1, 0.15) is 28.7 Å². The van der Waals surface area contributed by atoms with Crippen molar-refractivity contribution < 1.29 is 13.6 Å². The predicted molar refractivity (Wildman–Crippen MR) is 98.7 cm³/mol. The average molecular weight is 394 g/mol. The van der Waals surface area contributed by atoms with E-state index in [0.29, 0.717) is 27.8 Å². The van der Waals surface area contributed by atoms with Gasteiger partial charge in [-0.15, -0.1) is 11.3 Å². The van der Waals surface area contributed by atoms with Crippen molar-refractivity contribution in [2.24, 2.45) is 0 Å². The highest BCUT2D eigenvalue weighted by Gasteiger charge is 2.19. The van der Waals surface area contributed by atoms with E-state index in [2.05, 4.69) is 15.3 Å². The molecule has 1 aromatic carbocycles. The van der Waals surface area contributed by atoms with Gasteiger partial charge >= 0.3 is 0 Å². The fourth-order valence-corrected chi connectivity index (χ4v) is 3.57. The number of anilines is 1. The number of carbonyl (C=O) groups excluding carboxylic acids is 1. The minimum absolute atomic E-state index is 0.258. The Morgan fingerprint density at radius 3 is 2.69 bits per heavy atom. The molecule has 0 aliphatic rings. The van der Waals surface area contributed by atoms with Gasteiger partial charge in [0.15, 0.2) is 11.6 Å². The van der Waals surface area contributed by atoms with Crippen molar-refractivity contribution in [3.8, 4) is 10.6 Å². The van der Waals surface area contributed by atoms with Crippen molar-refractivity contribution in [3.63, 3.8) is 0 Å². The lowest BCUT2D eigenvalue weighted by molar-refractivity contribution is 0.102. The number of amides is 1. The van der Waals surface area contributed by atoms with Gasteiger partial charge < -0.3 is 5.32 Å². The van der Waals surface area contributed by atoms with Crippen LogP contribution in [-0.4, -0.2) is 15.9 Å². The Hall–Kier alpha value is -2.38. The Morgan fingerprint density at radius 2 is 2.04 bits per heavy atom. The third-order valence-corrected chi connectivity index (χ3v) is 4.91. The molecule has 8 heteroatoms. The van der Waals surface area contributed by atoms with Crippen LogP contribution in [0, 0.1) is 11.6 Å². The van der Waals surface area contributed by atoms with Crippen molar-refractivity contribution in [2.45, 2.75) is 19.8 Å². The molecule has 0 atom stereocenters. The van der Waals surface area contributed by atoms with Gasteiger partial charge in [0, 0.05) is 16.6 Å². The number of nitrogens with zero attached hydrogens (tertiary/aromatic N) is 2. The van der Waals surface area contributed by atoms with Crippen LogP contribution in [0.25, 0.3) is 10.6 Å². The lowest BCUT2D eigenvalue weighted by Crippen LogP contribution is -2.15. The Labute approximate surface area is 157 Å². The minimum Gasteiger partial charge on any atom is -0.305 e. The molecule has 26 heavy (non-hydrogen) atoms. The quantitative estimate of drug-likeness (QED) is 0.636. The van der Waals surface area contributed by atoms with E-state index in [1.54, 1.807) is 12.1 Å². The molecule has 134 valence electrons. The third-order valence-electron chi connectivity index (χ3n) is 3.53. The predicted octanol–water partition coefficient (Wildman–Crippen LogP) is 5.34. The summed E-state index contributed by atoms with van der Waals surface area (Å²) in [6.45, 7) is 1.99. The zero-order valence-corrected chi connectivity index (χ0v) is 15.3. The van der Waals surface area contributed by atoms with Crippen molar-refractivity contribution in [2.75, 3.05) is 5.32 Å². The van der Waals surface area contributed by atoms with Crippen LogP contribution < -0.4 is 5.32 Å². The highest BCUT2D eigenvalue weighted by molar-refractivity contribution is 7.15. The van der Waals surface area contributed by atoms with Crippen LogP contribution in [0.5, 0.6) is 0 Å². The number of hydrogen-bond donors (Lipinski definition) is 1. The molecule has 2 heterocycles. The molecule has 3 aromatic rings. The Morgan fingerprint density at radius 1 is 1.23 bits per heavy atom. The fourth-order valence-electron chi connectivity index (χ4n) is 2.30. The molecular weight excluding hydrogens is 380 g/mol. The molecule has 0 radical (unpaired) electrons. The Bertz CT molecular complexity index is 944. The smallest absolute Gasteiger partial charge is 0.276 e. The average Bonchev–Trinajstić information content (AvgIpc) is 3.04. The van der Waals surface area contributed by atoms with Gasteiger partial charge in [0.05, 0.1) is 5.02 Å². The second kappa shape index (κ2) is 7.88. The van der Waals surface area contributed by atoms with Crippen LogP contribution in [0.3, 0.4) is 0 Å². The van der Waals surface area contributed by atoms with Gasteiger partial charge in [-0.1, -0.05) is 24.9 Å². The summed E-state index contributed by atoms with van der Waals surface area (Å²) in [6, 6.07) is 6.76. The van der Waals surface area contributed by atoms with E-state index < -0.39 is 17.5 Å². The summed E-state index contributed by atoms with van der Waals surface area (Å²) in [5, 5.41) is 3.59. The van der Waals surface area contributed by atoms with Crippen LogP contribution in [-0.2, 0) is 6.42 Å².